The third-order valence-electron chi connectivity index (χ3n) is 2.23. The fourth-order valence-electron chi connectivity index (χ4n) is 1.47. The van der Waals surface area contributed by atoms with E-state index in [9.17, 15) is 0 Å². The molecule has 0 aromatic heterocycles. The van der Waals surface area contributed by atoms with Gasteiger partial charge in [0.25, 0.3) is 0 Å². The van der Waals surface area contributed by atoms with Gasteiger partial charge in [0.1, 0.15) is 0 Å². The SMILES string of the molecule is [CH]=C(C)C(C)CC(C)CC(=C)C. The Balaban J connectivity index is 3.76. The van der Waals surface area contributed by atoms with E-state index in [2.05, 4.69) is 27.4 Å². The van der Waals surface area contributed by atoms with Gasteiger partial charge in [0, 0.05) is 0 Å². The van der Waals surface area contributed by atoms with E-state index in [0.717, 1.165) is 12.0 Å². The Labute approximate surface area is 77.4 Å². The van der Waals surface area contributed by atoms with Gasteiger partial charge in [-0.05, 0) is 38.5 Å². The first-order chi connectivity index (χ1) is 5.43. The first-order valence-electron chi connectivity index (χ1n) is 4.66. The van der Waals surface area contributed by atoms with Gasteiger partial charge in [-0.15, -0.1) is 6.58 Å². The van der Waals surface area contributed by atoms with Crippen molar-refractivity contribution in [1.82, 2.24) is 0 Å². The van der Waals surface area contributed by atoms with Gasteiger partial charge in [0.2, 0.25) is 0 Å². The summed E-state index contributed by atoms with van der Waals surface area (Å²) in [4.78, 5) is 0. The van der Waals surface area contributed by atoms with E-state index < -0.39 is 0 Å². The highest BCUT2D eigenvalue weighted by molar-refractivity contribution is 4.94. The second-order valence-corrected chi connectivity index (χ2v) is 4.15. The molecule has 0 saturated heterocycles. The van der Waals surface area contributed by atoms with Gasteiger partial charge in [-0.2, -0.15) is 0 Å². The first kappa shape index (κ1) is 11.5. The summed E-state index contributed by atoms with van der Waals surface area (Å²) in [7, 11) is 0. The van der Waals surface area contributed by atoms with Gasteiger partial charge in [0.15, 0.2) is 0 Å². The summed E-state index contributed by atoms with van der Waals surface area (Å²) in [6, 6.07) is 0. The minimum atomic E-state index is 0.541. The van der Waals surface area contributed by atoms with Crippen molar-refractivity contribution in [2.24, 2.45) is 11.8 Å². The van der Waals surface area contributed by atoms with Crippen LogP contribution in [0.1, 0.15) is 40.5 Å². The van der Waals surface area contributed by atoms with Crippen LogP contribution in [-0.4, -0.2) is 0 Å². The third-order valence-corrected chi connectivity index (χ3v) is 2.23. The van der Waals surface area contributed by atoms with E-state index >= 15 is 0 Å². The smallest absolute Gasteiger partial charge is 0.0229 e. The van der Waals surface area contributed by atoms with Crippen molar-refractivity contribution in [2.45, 2.75) is 40.5 Å². The van der Waals surface area contributed by atoms with Crippen molar-refractivity contribution >= 4 is 0 Å². The van der Waals surface area contributed by atoms with Crippen molar-refractivity contribution in [2.75, 3.05) is 0 Å². The molecule has 1 radical (unpaired) electrons. The molecule has 0 saturated carbocycles. The average molecular weight is 165 g/mol. The first-order valence-corrected chi connectivity index (χ1v) is 4.66. The number of rotatable bonds is 5. The lowest BCUT2D eigenvalue weighted by molar-refractivity contribution is 0.450. The summed E-state index contributed by atoms with van der Waals surface area (Å²) in [5.74, 6) is 1.25. The van der Waals surface area contributed by atoms with Crippen LogP contribution in [0.4, 0.5) is 0 Å². The van der Waals surface area contributed by atoms with Crippen LogP contribution < -0.4 is 0 Å². The van der Waals surface area contributed by atoms with E-state index in [4.69, 9.17) is 6.58 Å². The van der Waals surface area contributed by atoms with Gasteiger partial charge in [-0.25, -0.2) is 0 Å². The van der Waals surface area contributed by atoms with E-state index in [1.807, 2.05) is 6.92 Å². The maximum absolute atomic E-state index is 5.71. The van der Waals surface area contributed by atoms with Crippen molar-refractivity contribution in [3.8, 4) is 0 Å². The molecule has 69 valence electrons. The Morgan fingerprint density at radius 1 is 1.33 bits per heavy atom. The van der Waals surface area contributed by atoms with Crippen LogP contribution in [0.5, 0.6) is 0 Å². The summed E-state index contributed by atoms with van der Waals surface area (Å²) in [6.45, 7) is 18.1. The lowest BCUT2D eigenvalue weighted by atomic mass is 9.89. The fourth-order valence-corrected chi connectivity index (χ4v) is 1.47. The molecule has 0 aliphatic heterocycles. The maximum atomic E-state index is 5.71. The molecular weight excluding hydrogens is 144 g/mol. The molecule has 0 amide bonds. The molecule has 0 aliphatic rings. The normalized spacial score (nSPS) is 15.3. The highest BCUT2D eigenvalue weighted by Gasteiger charge is 2.08. The Hall–Kier alpha value is -0.520. The number of hydrogen-bond acceptors (Lipinski definition) is 0. The molecule has 2 unspecified atom stereocenters. The zero-order valence-electron chi connectivity index (χ0n) is 8.85. The molecule has 0 N–H and O–H groups in total. The molecule has 0 aromatic rings. The molecule has 2 atom stereocenters. The molecule has 12 heavy (non-hydrogen) atoms. The summed E-state index contributed by atoms with van der Waals surface area (Å²) < 4.78 is 0. The Bertz CT molecular complexity index is 165. The Morgan fingerprint density at radius 2 is 1.83 bits per heavy atom. The van der Waals surface area contributed by atoms with E-state index in [1.54, 1.807) is 0 Å². The van der Waals surface area contributed by atoms with Crippen LogP contribution in [0.2, 0.25) is 0 Å². The Kier molecular flexibility index (Phi) is 4.96. The third kappa shape index (κ3) is 5.17. The molecule has 0 spiro atoms. The quantitative estimate of drug-likeness (QED) is 0.540. The highest BCUT2D eigenvalue weighted by Crippen LogP contribution is 2.22. The molecule has 0 bridgehead atoms. The molecule has 0 rings (SSSR count). The lowest BCUT2D eigenvalue weighted by Crippen LogP contribution is -2.04. The predicted molar refractivity (Wildman–Crippen MR) is 55.9 cm³/mol. The zero-order chi connectivity index (χ0) is 9.72. The molecular formula is C12H21. The predicted octanol–water partition coefficient (Wildman–Crippen LogP) is 3.99. The molecule has 0 heterocycles. The minimum Gasteiger partial charge on any atom is -0.100 e. The van der Waals surface area contributed by atoms with Crippen molar-refractivity contribution in [3.63, 3.8) is 0 Å². The molecule has 0 aliphatic carbocycles. The van der Waals surface area contributed by atoms with Crippen molar-refractivity contribution < 1.29 is 0 Å². The van der Waals surface area contributed by atoms with Crippen LogP contribution in [0.15, 0.2) is 17.7 Å². The largest absolute Gasteiger partial charge is 0.100 e. The lowest BCUT2D eigenvalue weighted by Gasteiger charge is -2.16. The summed E-state index contributed by atoms with van der Waals surface area (Å²) in [6.07, 6.45) is 2.30. The van der Waals surface area contributed by atoms with Gasteiger partial charge in [0.05, 0.1) is 0 Å². The molecule has 0 fully saturated rings. The number of allylic oxidation sites excluding steroid dienone is 2. The van der Waals surface area contributed by atoms with Crippen LogP contribution in [0.25, 0.3) is 0 Å². The monoisotopic (exact) mass is 165 g/mol. The van der Waals surface area contributed by atoms with Gasteiger partial charge < -0.3 is 0 Å². The van der Waals surface area contributed by atoms with Crippen LogP contribution in [-0.2, 0) is 0 Å². The Morgan fingerprint density at radius 3 is 2.17 bits per heavy atom. The second kappa shape index (κ2) is 5.18. The van der Waals surface area contributed by atoms with Crippen LogP contribution in [0.3, 0.4) is 0 Å². The minimum absolute atomic E-state index is 0.541. The standard InChI is InChI=1S/C12H21/c1-9(2)7-11(5)8-12(6)10(3)4/h3,11-12H,1,7-8H2,2,4-6H3. The van der Waals surface area contributed by atoms with Gasteiger partial charge in [-0.3, -0.25) is 0 Å². The maximum Gasteiger partial charge on any atom is -0.0229 e. The van der Waals surface area contributed by atoms with E-state index in [-0.39, 0.29) is 0 Å². The topological polar surface area (TPSA) is 0 Å². The highest BCUT2D eigenvalue weighted by atomic mass is 14.1. The average Bonchev–Trinajstić information content (AvgIpc) is 1.84. The van der Waals surface area contributed by atoms with Gasteiger partial charge >= 0.3 is 0 Å². The second-order valence-electron chi connectivity index (χ2n) is 4.15. The van der Waals surface area contributed by atoms with E-state index in [0.29, 0.717) is 11.8 Å². The van der Waals surface area contributed by atoms with E-state index in [1.165, 1.54) is 12.0 Å². The summed E-state index contributed by atoms with van der Waals surface area (Å²) in [5.41, 5.74) is 2.31. The summed E-state index contributed by atoms with van der Waals surface area (Å²) >= 11 is 0. The number of hydrogen-bond donors (Lipinski definition) is 0. The van der Waals surface area contributed by atoms with Crippen molar-refractivity contribution in [1.29, 1.82) is 0 Å². The summed E-state index contributed by atoms with van der Waals surface area (Å²) in [5, 5.41) is 0. The van der Waals surface area contributed by atoms with Crippen LogP contribution >= 0.6 is 0 Å². The van der Waals surface area contributed by atoms with Gasteiger partial charge in [-0.1, -0.05) is 31.6 Å². The zero-order valence-corrected chi connectivity index (χ0v) is 8.85. The molecule has 0 nitrogen and oxygen atoms in total. The molecule has 0 heteroatoms. The molecule has 0 aromatic carbocycles. The van der Waals surface area contributed by atoms with Crippen molar-refractivity contribution in [3.05, 3.63) is 24.3 Å². The van der Waals surface area contributed by atoms with Crippen LogP contribution in [0, 0.1) is 18.4 Å². The fraction of sp³-hybridized carbons (Fsp3) is 0.667.